The molecule has 0 aliphatic carbocycles. The maximum absolute atomic E-state index is 12.7. The van der Waals surface area contributed by atoms with Crippen LogP contribution in [0.4, 0.5) is 0 Å². The normalized spacial score (nSPS) is 16.4. The fourth-order valence-electron chi connectivity index (χ4n) is 3.99. The average molecular weight is 481 g/mol. The summed E-state index contributed by atoms with van der Waals surface area (Å²) >= 11 is 7.67. The number of H-pyrrole nitrogens is 1. The maximum Gasteiger partial charge on any atom is 0.223 e. The first-order valence-corrected chi connectivity index (χ1v) is 13.0. The van der Waals surface area contributed by atoms with E-state index in [2.05, 4.69) is 16.2 Å². The number of hydrogen-bond donors (Lipinski definition) is 1. The summed E-state index contributed by atoms with van der Waals surface area (Å²) in [7, 11) is 0.192. The van der Waals surface area contributed by atoms with Crippen molar-refractivity contribution in [3.63, 3.8) is 0 Å². The van der Waals surface area contributed by atoms with Crippen molar-refractivity contribution < 1.29 is 13.2 Å². The molecule has 166 valence electrons. The van der Waals surface area contributed by atoms with E-state index in [0.717, 1.165) is 23.0 Å². The fraction of sp³-hybridized carbons (Fsp3) is 0.429. The van der Waals surface area contributed by atoms with Crippen molar-refractivity contribution in [3.05, 3.63) is 45.2 Å². The maximum atomic E-state index is 12.7. The molecule has 1 aromatic carbocycles. The molecule has 1 saturated heterocycles. The number of hydrogen-bond acceptors (Lipinski definition) is 5. The Hall–Kier alpha value is -2.10. The minimum Gasteiger partial charge on any atom is -0.346 e. The number of carbonyl (C=O) groups excluding carboxylic acids is 1. The zero-order valence-electron chi connectivity index (χ0n) is 17.5. The molecule has 3 aromatic rings. The second kappa shape index (κ2) is 8.80. The van der Waals surface area contributed by atoms with Gasteiger partial charge in [0.25, 0.3) is 0 Å². The topological polar surface area (TPSA) is 87.5 Å². The first kappa shape index (κ1) is 22.1. The van der Waals surface area contributed by atoms with Crippen LogP contribution >= 0.6 is 22.9 Å². The molecule has 1 fully saturated rings. The van der Waals surface area contributed by atoms with Gasteiger partial charge in [0, 0.05) is 60.6 Å². The highest BCUT2D eigenvalue weighted by Gasteiger charge is 2.27. The highest BCUT2D eigenvalue weighted by Crippen LogP contribution is 2.30. The number of amides is 1. The van der Waals surface area contributed by atoms with Crippen LogP contribution in [0.25, 0.3) is 10.9 Å². The molecular formula is C21H25ClN4O3S2. The second-order valence-electron chi connectivity index (χ2n) is 7.84. The van der Waals surface area contributed by atoms with E-state index >= 15 is 0 Å². The highest BCUT2D eigenvalue weighted by atomic mass is 35.5. The predicted octanol–water partition coefficient (Wildman–Crippen LogP) is 3.32. The molecule has 1 N–H and O–H groups in total. The van der Waals surface area contributed by atoms with Gasteiger partial charge in [-0.3, -0.25) is 9.79 Å². The van der Waals surface area contributed by atoms with Crippen molar-refractivity contribution in [1.29, 1.82) is 0 Å². The molecule has 0 spiro atoms. The molecular weight excluding hydrogens is 456 g/mol. The molecule has 31 heavy (non-hydrogen) atoms. The van der Waals surface area contributed by atoms with Gasteiger partial charge >= 0.3 is 0 Å². The molecule has 4 rings (SSSR count). The van der Waals surface area contributed by atoms with E-state index < -0.39 is 9.84 Å². The SMILES string of the molecule is CN=c1sc(C2CCN(C(=O)CCS(=O)(=O)c3cc4cc(Cl)ccc4[nH]3)CC2)cn1C. The molecule has 3 heterocycles. The largest absolute Gasteiger partial charge is 0.346 e. The fourth-order valence-corrected chi connectivity index (χ4v) is 6.52. The van der Waals surface area contributed by atoms with Crippen molar-refractivity contribution in [2.75, 3.05) is 25.9 Å². The summed E-state index contributed by atoms with van der Waals surface area (Å²) < 4.78 is 27.5. The Kier molecular flexibility index (Phi) is 6.27. The summed E-state index contributed by atoms with van der Waals surface area (Å²) in [5.74, 6) is 0.0915. The molecule has 1 aliphatic heterocycles. The number of aromatic amines is 1. The first-order valence-electron chi connectivity index (χ1n) is 10.1. The lowest BCUT2D eigenvalue weighted by atomic mass is 9.95. The van der Waals surface area contributed by atoms with Crippen LogP contribution in [0.15, 0.2) is 40.5 Å². The van der Waals surface area contributed by atoms with E-state index in [1.807, 2.05) is 11.6 Å². The number of carbonyl (C=O) groups is 1. The number of sulfone groups is 1. The molecule has 0 unspecified atom stereocenters. The number of piperidine rings is 1. The smallest absolute Gasteiger partial charge is 0.223 e. The molecule has 0 radical (unpaired) electrons. The Morgan fingerprint density at radius 3 is 2.71 bits per heavy atom. The monoisotopic (exact) mass is 480 g/mol. The summed E-state index contributed by atoms with van der Waals surface area (Å²) in [5, 5.41) is 1.41. The number of nitrogens with zero attached hydrogens (tertiary/aromatic N) is 3. The number of aryl methyl sites for hydroxylation is 1. The van der Waals surface area contributed by atoms with Gasteiger partial charge in [0.2, 0.25) is 5.91 Å². The van der Waals surface area contributed by atoms with E-state index in [0.29, 0.717) is 29.5 Å². The zero-order valence-corrected chi connectivity index (χ0v) is 19.9. The van der Waals surface area contributed by atoms with Gasteiger partial charge in [-0.05, 0) is 43.0 Å². The van der Waals surface area contributed by atoms with E-state index in [1.54, 1.807) is 47.5 Å². The van der Waals surface area contributed by atoms with Gasteiger partial charge in [0.05, 0.1) is 5.75 Å². The van der Waals surface area contributed by atoms with Crippen LogP contribution in [0.2, 0.25) is 5.02 Å². The van der Waals surface area contributed by atoms with Gasteiger partial charge in [-0.15, -0.1) is 11.3 Å². The van der Waals surface area contributed by atoms with Gasteiger partial charge in [-0.1, -0.05) is 11.6 Å². The second-order valence-corrected chi connectivity index (χ2v) is 11.4. The molecule has 7 nitrogen and oxygen atoms in total. The first-order chi connectivity index (χ1) is 14.8. The minimum atomic E-state index is -3.59. The van der Waals surface area contributed by atoms with Crippen LogP contribution in [0.3, 0.4) is 0 Å². The van der Waals surface area contributed by atoms with Crippen molar-refractivity contribution in [2.45, 2.75) is 30.2 Å². The number of likely N-dealkylation sites (tertiary alicyclic amines) is 1. The number of rotatable bonds is 5. The summed E-state index contributed by atoms with van der Waals surface area (Å²) in [6.07, 6.45) is 3.86. The summed E-state index contributed by atoms with van der Waals surface area (Å²) in [5.41, 5.74) is 0.706. The van der Waals surface area contributed by atoms with Crippen LogP contribution in [-0.4, -0.2) is 54.7 Å². The van der Waals surface area contributed by atoms with Crippen LogP contribution in [-0.2, 0) is 21.7 Å². The Bertz CT molecular complexity index is 1280. The van der Waals surface area contributed by atoms with Crippen molar-refractivity contribution in [2.24, 2.45) is 12.0 Å². The van der Waals surface area contributed by atoms with Crippen LogP contribution in [0.1, 0.15) is 30.1 Å². The Morgan fingerprint density at radius 2 is 2.03 bits per heavy atom. The Morgan fingerprint density at radius 1 is 1.29 bits per heavy atom. The third-order valence-corrected chi connectivity index (χ3v) is 8.95. The van der Waals surface area contributed by atoms with Gasteiger partial charge in [-0.2, -0.15) is 0 Å². The summed E-state index contributed by atoms with van der Waals surface area (Å²) in [6, 6.07) is 6.74. The molecule has 0 bridgehead atoms. The van der Waals surface area contributed by atoms with E-state index in [4.69, 9.17) is 11.6 Å². The molecule has 10 heteroatoms. The van der Waals surface area contributed by atoms with Crippen molar-refractivity contribution in [3.8, 4) is 0 Å². The predicted molar refractivity (Wildman–Crippen MR) is 123 cm³/mol. The quantitative estimate of drug-likeness (QED) is 0.607. The number of thiazole rings is 1. The van der Waals surface area contributed by atoms with Crippen LogP contribution in [0, 0.1) is 0 Å². The van der Waals surface area contributed by atoms with Gasteiger partial charge in [-0.25, -0.2) is 8.42 Å². The Balaban J connectivity index is 1.35. The Labute approximate surface area is 190 Å². The number of halogens is 1. The van der Waals surface area contributed by atoms with Gasteiger partial charge in [0.1, 0.15) is 5.03 Å². The molecule has 1 aliphatic rings. The molecule has 1 amide bonds. The van der Waals surface area contributed by atoms with Crippen molar-refractivity contribution >= 4 is 49.6 Å². The van der Waals surface area contributed by atoms with E-state index in [-0.39, 0.29) is 23.1 Å². The van der Waals surface area contributed by atoms with Crippen molar-refractivity contribution in [1.82, 2.24) is 14.5 Å². The van der Waals surface area contributed by atoms with Crippen LogP contribution < -0.4 is 4.80 Å². The number of benzene rings is 1. The molecule has 2 aromatic heterocycles. The summed E-state index contributed by atoms with van der Waals surface area (Å²) in [6.45, 7) is 1.29. The standard InChI is InChI=1S/C21H25ClN4O3S2/c1-23-21-25(2)13-18(30-21)14-5-8-26(9-6-14)20(27)7-10-31(28,29)19-12-15-11-16(22)3-4-17(15)24-19/h3-4,11-14,24H,5-10H2,1-2H3. The average Bonchev–Trinajstić information content (AvgIpc) is 3.35. The number of fused-ring (bicyclic) bond motifs is 1. The number of aromatic nitrogens is 2. The van der Waals surface area contributed by atoms with Gasteiger partial charge < -0.3 is 14.5 Å². The number of nitrogens with one attached hydrogen (secondary N) is 1. The lowest BCUT2D eigenvalue weighted by Crippen LogP contribution is -2.38. The van der Waals surface area contributed by atoms with Crippen LogP contribution in [0.5, 0.6) is 0 Å². The third-order valence-electron chi connectivity index (χ3n) is 5.75. The van der Waals surface area contributed by atoms with E-state index in [9.17, 15) is 13.2 Å². The summed E-state index contributed by atoms with van der Waals surface area (Å²) in [4.78, 5) is 23.9. The molecule has 0 atom stereocenters. The van der Waals surface area contributed by atoms with E-state index in [1.165, 1.54) is 4.88 Å². The highest BCUT2D eigenvalue weighted by molar-refractivity contribution is 7.91. The third kappa shape index (κ3) is 4.73. The lowest BCUT2D eigenvalue weighted by molar-refractivity contribution is -0.131. The zero-order chi connectivity index (χ0) is 22.2. The minimum absolute atomic E-state index is 0.0179. The van der Waals surface area contributed by atoms with Gasteiger partial charge in [0.15, 0.2) is 14.6 Å². The molecule has 0 saturated carbocycles. The lowest BCUT2D eigenvalue weighted by Gasteiger charge is -2.31.